The van der Waals surface area contributed by atoms with E-state index >= 15 is 0 Å². The Morgan fingerprint density at radius 3 is 3.05 bits per heavy atom. The second-order valence-corrected chi connectivity index (χ2v) is 4.83. The fourth-order valence-electron chi connectivity index (χ4n) is 2.48. The van der Waals surface area contributed by atoms with E-state index in [1.165, 1.54) is 6.07 Å². The van der Waals surface area contributed by atoms with Crippen LogP contribution in [0.15, 0.2) is 30.5 Å². The van der Waals surface area contributed by atoms with E-state index in [-0.39, 0.29) is 11.8 Å². The summed E-state index contributed by atoms with van der Waals surface area (Å²) in [6, 6.07) is 6.69. The molecule has 0 aliphatic carbocycles. The first-order valence-electron chi connectivity index (χ1n) is 6.65. The zero-order valence-electron chi connectivity index (χ0n) is 10.9. The molecule has 2 aromatic rings. The molecule has 1 atom stereocenters. The minimum atomic E-state index is -0.415. The lowest BCUT2D eigenvalue weighted by Gasteiger charge is -2.24. The molecule has 0 bridgehead atoms. The van der Waals surface area contributed by atoms with Gasteiger partial charge in [0.1, 0.15) is 11.9 Å². The van der Waals surface area contributed by atoms with Gasteiger partial charge in [-0.15, -0.1) is 0 Å². The summed E-state index contributed by atoms with van der Waals surface area (Å²) in [5.74, 6) is 0.660. The van der Waals surface area contributed by atoms with Crippen LogP contribution in [0.5, 0.6) is 5.75 Å². The Balaban J connectivity index is 1.99. The Labute approximate surface area is 115 Å². The SMILES string of the molecule is O=[N+]([O-])c1ccc(OC2CCCNC2)c2cccnc12. The molecule has 20 heavy (non-hydrogen) atoms. The number of nitro groups is 1. The first-order valence-corrected chi connectivity index (χ1v) is 6.65. The van der Waals surface area contributed by atoms with Crippen molar-refractivity contribution in [2.75, 3.05) is 13.1 Å². The minimum absolute atomic E-state index is 0.00900. The van der Waals surface area contributed by atoms with Gasteiger partial charge in [0.2, 0.25) is 0 Å². The van der Waals surface area contributed by atoms with Gasteiger partial charge in [0.05, 0.1) is 4.92 Å². The van der Waals surface area contributed by atoms with Crippen LogP contribution in [0.2, 0.25) is 0 Å². The third-order valence-corrected chi connectivity index (χ3v) is 3.45. The fraction of sp³-hybridized carbons (Fsp3) is 0.357. The molecule has 1 aliphatic rings. The van der Waals surface area contributed by atoms with Crippen molar-refractivity contribution < 1.29 is 9.66 Å². The highest BCUT2D eigenvalue weighted by Crippen LogP contribution is 2.32. The van der Waals surface area contributed by atoms with Crippen molar-refractivity contribution >= 4 is 16.6 Å². The summed E-state index contributed by atoms with van der Waals surface area (Å²) in [4.78, 5) is 14.7. The summed E-state index contributed by atoms with van der Waals surface area (Å²) in [6.07, 6.45) is 3.73. The van der Waals surface area contributed by atoms with Gasteiger partial charge in [-0.2, -0.15) is 0 Å². The van der Waals surface area contributed by atoms with E-state index in [2.05, 4.69) is 10.3 Å². The normalized spacial score (nSPS) is 18.9. The Bertz CT molecular complexity index is 639. The van der Waals surface area contributed by atoms with E-state index in [1.807, 2.05) is 0 Å². The number of rotatable bonds is 3. The number of ether oxygens (including phenoxy) is 1. The van der Waals surface area contributed by atoms with Gasteiger partial charge < -0.3 is 10.1 Å². The molecule has 6 nitrogen and oxygen atoms in total. The van der Waals surface area contributed by atoms with Crippen molar-refractivity contribution in [2.24, 2.45) is 0 Å². The van der Waals surface area contributed by atoms with Crippen molar-refractivity contribution in [3.63, 3.8) is 0 Å². The van der Waals surface area contributed by atoms with Crippen LogP contribution in [0, 0.1) is 10.1 Å². The molecule has 1 aromatic heterocycles. The number of piperidine rings is 1. The number of nitro benzene ring substituents is 1. The van der Waals surface area contributed by atoms with E-state index in [4.69, 9.17) is 4.74 Å². The maximum Gasteiger partial charge on any atom is 0.295 e. The van der Waals surface area contributed by atoms with Gasteiger partial charge in [-0.05, 0) is 37.6 Å². The molecule has 0 amide bonds. The van der Waals surface area contributed by atoms with Crippen molar-refractivity contribution in [3.05, 3.63) is 40.6 Å². The molecule has 1 N–H and O–H groups in total. The summed E-state index contributed by atoms with van der Waals surface area (Å²) in [7, 11) is 0. The fourth-order valence-corrected chi connectivity index (χ4v) is 2.48. The monoisotopic (exact) mass is 273 g/mol. The van der Waals surface area contributed by atoms with Crippen LogP contribution in [-0.2, 0) is 0 Å². The zero-order valence-corrected chi connectivity index (χ0v) is 10.9. The van der Waals surface area contributed by atoms with Gasteiger partial charge in [-0.25, -0.2) is 4.98 Å². The number of aromatic nitrogens is 1. The lowest BCUT2D eigenvalue weighted by atomic mass is 10.1. The zero-order chi connectivity index (χ0) is 13.9. The molecule has 1 aromatic carbocycles. The Morgan fingerprint density at radius 1 is 1.40 bits per heavy atom. The molecule has 2 heterocycles. The first kappa shape index (κ1) is 12.8. The second kappa shape index (κ2) is 5.42. The summed E-state index contributed by atoms with van der Waals surface area (Å²) in [5, 5.41) is 15.0. The van der Waals surface area contributed by atoms with E-state index in [1.54, 1.807) is 24.4 Å². The van der Waals surface area contributed by atoms with Crippen LogP contribution in [-0.4, -0.2) is 29.1 Å². The van der Waals surface area contributed by atoms with Gasteiger partial charge in [-0.1, -0.05) is 0 Å². The molecule has 3 rings (SSSR count). The minimum Gasteiger partial charge on any atom is -0.488 e. The number of pyridine rings is 1. The molecular formula is C14H15N3O3. The number of hydrogen-bond acceptors (Lipinski definition) is 5. The Morgan fingerprint density at radius 2 is 2.30 bits per heavy atom. The quantitative estimate of drug-likeness (QED) is 0.685. The maximum absolute atomic E-state index is 11.0. The summed E-state index contributed by atoms with van der Waals surface area (Å²) in [5.41, 5.74) is 0.383. The molecule has 0 saturated carbocycles. The van der Waals surface area contributed by atoms with Crippen LogP contribution in [0.4, 0.5) is 5.69 Å². The number of hydrogen-bond donors (Lipinski definition) is 1. The van der Waals surface area contributed by atoms with Crippen molar-refractivity contribution in [1.82, 2.24) is 10.3 Å². The van der Waals surface area contributed by atoms with Crippen molar-refractivity contribution in [1.29, 1.82) is 0 Å². The highest BCUT2D eigenvalue weighted by Gasteiger charge is 2.19. The molecule has 6 heteroatoms. The molecule has 1 aliphatic heterocycles. The van der Waals surface area contributed by atoms with E-state index in [0.29, 0.717) is 16.7 Å². The van der Waals surface area contributed by atoms with Crippen LogP contribution in [0.3, 0.4) is 0 Å². The molecule has 1 fully saturated rings. The van der Waals surface area contributed by atoms with E-state index in [9.17, 15) is 10.1 Å². The summed E-state index contributed by atoms with van der Waals surface area (Å²) in [6.45, 7) is 1.82. The van der Waals surface area contributed by atoms with Crippen LogP contribution < -0.4 is 10.1 Å². The lowest BCUT2D eigenvalue weighted by Crippen LogP contribution is -2.37. The lowest BCUT2D eigenvalue weighted by molar-refractivity contribution is -0.383. The van der Waals surface area contributed by atoms with Crippen LogP contribution in [0.25, 0.3) is 10.9 Å². The number of fused-ring (bicyclic) bond motifs is 1. The highest BCUT2D eigenvalue weighted by atomic mass is 16.6. The van der Waals surface area contributed by atoms with Gasteiger partial charge in [0.25, 0.3) is 5.69 Å². The number of nitrogens with zero attached hydrogens (tertiary/aromatic N) is 2. The highest BCUT2D eigenvalue weighted by molar-refractivity contribution is 5.92. The van der Waals surface area contributed by atoms with Crippen molar-refractivity contribution in [2.45, 2.75) is 18.9 Å². The molecule has 104 valence electrons. The molecule has 1 unspecified atom stereocenters. The van der Waals surface area contributed by atoms with Gasteiger partial charge in [-0.3, -0.25) is 10.1 Å². The van der Waals surface area contributed by atoms with Crippen LogP contribution in [0.1, 0.15) is 12.8 Å². The number of benzene rings is 1. The van der Waals surface area contributed by atoms with Gasteiger partial charge in [0.15, 0.2) is 5.52 Å². The average molecular weight is 273 g/mol. The largest absolute Gasteiger partial charge is 0.488 e. The molecular weight excluding hydrogens is 258 g/mol. The third kappa shape index (κ3) is 2.42. The standard InChI is InChI=1S/C14H15N3O3/c18-17(19)12-5-6-13(11-4-2-8-16-14(11)12)20-10-3-1-7-15-9-10/h2,4-6,8,10,15H,1,3,7,9H2. The van der Waals surface area contributed by atoms with E-state index in [0.717, 1.165) is 25.9 Å². The van der Waals surface area contributed by atoms with Crippen molar-refractivity contribution in [3.8, 4) is 5.75 Å². The molecule has 1 saturated heterocycles. The Hall–Kier alpha value is -2.21. The van der Waals surface area contributed by atoms with E-state index < -0.39 is 4.92 Å². The smallest absolute Gasteiger partial charge is 0.295 e. The number of non-ortho nitro benzene ring substituents is 1. The van der Waals surface area contributed by atoms with Gasteiger partial charge >= 0.3 is 0 Å². The average Bonchev–Trinajstić information content (AvgIpc) is 2.48. The number of nitrogens with one attached hydrogen (secondary N) is 1. The summed E-state index contributed by atoms with van der Waals surface area (Å²) < 4.78 is 5.98. The molecule has 0 spiro atoms. The molecule has 0 radical (unpaired) electrons. The topological polar surface area (TPSA) is 77.3 Å². The Kier molecular flexibility index (Phi) is 3.47. The predicted octanol–water partition coefficient (Wildman–Crippen LogP) is 2.27. The second-order valence-electron chi connectivity index (χ2n) is 4.83. The predicted molar refractivity (Wildman–Crippen MR) is 74.9 cm³/mol. The van der Waals surface area contributed by atoms with Crippen LogP contribution >= 0.6 is 0 Å². The third-order valence-electron chi connectivity index (χ3n) is 3.45. The summed E-state index contributed by atoms with van der Waals surface area (Å²) >= 11 is 0. The van der Waals surface area contributed by atoms with Gasteiger partial charge in [0, 0.05) is 24.2 Å². The first-order chi connectivity index (χ1) is 9.75. The maximum atomic E-state index is 11.0.